The van der Waals surface area contributed by atoms with Gasteiger partial charge in [0.05, 0.1) is 6.61 Å². The van der Waals surface area contributed by atoms with Crippen molar-refractivity contribution in [1.82, 2.24) is 0 Å². The van der Waals surface area contributed by atoms with Crippen LogP contribution in [0.15, 0.2) is 0 Å². The lowest BCUT2D eigenvalue weighted by Crippen LogP contribution is -2.02. The number of hydrogen-bond acceptors (Lipinski definition) is 3. The van der Waals surface area contributed by atoms with Gasteiger partial charge in [-0.25, -0.2) is 4.57 Å². The average Bonchev–Trinajstić information content (AvgIpc) is 2.10. The van der Waals surface area contributed by atoms with Gasteiger partial charge in [0, 0.05) is 17.7 Å². The van der Waals surface area contributed by atoms with Crippen LogP contribution >= 0.6 is 18.2 Å². The molecule has 0 aliphatic rings. The molecule has 0 fully saturated rings. The first-order chi connectivity index (χ1) is 7.31. The molecule has 0 saturated carbocycles. The zero-order valence-corrected chi connectivity index (χ0v) is 11.3. The third kappa shape index (κ3) is 29.2. The van der Waals surface area contributed by atoms with Crippen molar-refractivity contribution in [1.29, 1.82) is 0 Å². The standard InChI is InChI=1S/C9H18O2.ClH2O3P/c1-3-5-6-7-8-9(10)11-4-2;1-5(2,3)4/h3-8H2,1-2H3;(H2,2,3,4). The first-order valence-corrected chi connectivity index (χ1v) is 7.73. The lowest BCUT2D eigenvalue weighted by molar-refractivity contribution is -0.143. The molecule has 0 spiro atoms. The van der Waals surface area contributed by atoms with Crippen molar-refractivity contribution in [2.24, 2.45) is 0 Å². The van der Waals surface area contributed by atoms with Crippen molar-refractivity contribution >= 4 is 24.2 Å². The Morgan fingerprint density at radius 1 is 1.25 bits per heavy atom. The van der Waals surface area contributed by atoms with Crippen molar-refractivity contribution < 1.29 is 23.9 Å². The van der Waals surface area contributed by atoms with Crippen LogP contribution in [0.3, 0.4) is 0 Å². The third-order valence-corrected chi connectivity index (χ3v) is 1.54. The molecule has 0 aromatic rings. The van der Waals surface area contributed by atoms with E-state index in [4.69, 9.17) is 19.1 Å². The van der Waals surface area contributed by atoms with Gasteiger partial charge in [-0.05, 0) is 13.3 Å². The quantitative estimate of drug-likeness (QED) is 0.442. The molecule has 0 saturated heterocycles. The summed E-state index contributed by atoms with van der Waals surface area (Å²) in [7, 11) is 0. The number of halogens is 1. The summed E-state index contributed by atoms with van der Waals surface area (Å²) >= 11 is 4.20. The fourth-order valence-corrected chi connectivity index (χ4v) is 0.929. The fraction of sp³-hybridized carbons (Fsp3) is 0.889. The number of ether oxygens (including phenoxy) is 1. The van der Waals surface area contributed by atoms with Crippen LogP contribution in [-0.4, -0.2) is 22.4 Å². The van der Waals surface area contributed by atoms with E-state index in [-0.39, 0.29) is 5.97 Å². The van der Waals surface area contributed by atoms with Gasteiger partial charge in [0.1, 0.15) is 0 Å². The van der Waals surface area contributed by atoms with Gasteiger partial charge in [0.15, 0.2) is 0 Å². The lowest BCUT2D eigenvalue weighted by atomic mass is 10.2. The number of hydrogen-bond donors (Lipinski definition) is 2. The second kappa shape index (κ2) is 11.4. The first-order valence-electron chi connectivity index (χ1n) is 5.22. The molecule has 0 unspecified atom stereocenters. The second-order valence-electron chi connectivity index (χ2n) is 3.09. The minimum absolute atomic E-state index is 0.0522. The monoisotopic (exact) mass is 274 g/mol. The van der Waals surface area contributed by atoms with E-state index in [2.05, 4.69) is 18.2 Å². The Morgan fingerprint density at radius 3 is 2.12 bits per heavy atom. The molecule has 16 heavy (non-hydrogen) atoms. The topological polar surface area (TPSA) is 83.8 Å². The van der Waals surface area contributed by atoms with Crippen molar-refractivity contribution in [3.8, 4) is 0 Å². The van der Waals surface area contributed by atoms with Crippen LogP contribution in [0, 0.1) is 0 Å². The zero-order chi connectivity index (χ0) is 13.0. The van der Waals surface area contributed by atoms with E-state index in [0.717, 1.165) is 12.8 Å². The van der Waals surface area contributed by atoms with E-state index < -0.39 is 6.95 Å². The summed E-state index contributed by atoms with van der Waals surface area (Å²) in [6.45, 7) is 0.334. The molecule has 0 aromatic carbocycles. The molecule has 98 valence electrons. The summed E-state index contributed by atoms with van der Waals surface area (Å²) in [6.07, 6.45) is 5.15. The maximum Gasteiger partial charge on any atom is 0.419 e. The van der Waals surface area contributed by atoms with Crippen LogP contribution in [0.2, 0.25) is 0 Å². The number of esters is 1. The van der Waals surface area contributed by atoms with Crippen molar-refractivity contribution in [3.05, 3.63) is 0 Å². The van der Waals surface area contributed by atoms with E-state index in [1.54, 1.807) is 0 Å². The smallest absolute Gasteiger partial charge is 0.419 e. The molecule has 0 aliphatic heterocycles. The molecule has 0 radical (unpaired) electrons. The summed E-state index contributed by atoms with van der Waals surface area (Å²) in [6, 6.07) is 0. The van der Waals surface area contributed by atoms with Gasteiger partial charge >= 0.3 is 12.9 Å². The summed E-state index contributed by atoms with van der Waals surface area (Å²) in [5, 5.41) is 0. The highest BCUT2D eigenvalue weighted by molar-refractivity contribution is 7.79. The first kappa shape index (κ1) is 18.3. The van der Waals surface area contributed by atoms with Crippen molar-refractivity contribution in [3.63, 3.8) is 0 Å². The summed E-state index contributed by atoms with van der Waals surface area (Å²) in [5.41, 5.74) is 0. The lowest BCUT2D eigenvalue weighted by Gasteiger charge is -2.00. The molecule has 7 heteroatoms. The highest BCUT2D eigenvalue weighted by Gasteiger charge is 2.01. The Labute approximate surface area is 101 Å². The van der Waals surface area contributed by atoms with E-state index in [1.165, 1.54) is 12.8 Å². The summed E-state index contributed by atoms with van der Waals surface area (Å²) < 4.78 is 13.9. The molecule has 0 atom stereocenters. The molecule has 0 amide bonds. The molecule has 0 aromatic heterocycles. The normalized spacial score (nSPS) is 10.3. The molecule has 0 aliphatic carbocycles. The van der Waals surface area contributed by atoms with Gasteiger partial charge in [-0.15, -0.1) is 0 Å². The minimum atomic E-state index is -4.17. The second-order valence-corrected chi connectivity index (χ2v) is 5.36. The van der Waals surface area contributed by atoms with Crippen LogP contribution in [0.5, 0.6) is 0 Å². The van der Waals surface area contributed by atoms with Gasteiger partial charge < -0.3 is 14.5 Å². The third-order valence-electron chi connectivity index (χ3n) is 1.54. The molecular formula is C9H20ClO5P. The van der Waals surface area contributed by atoms with E-state index >= 15 is 0 Å². The molecule has 5 nitrogen and oxygen atoms in total. The van der Waals surface area contributed by atoms with Gasteiger partial charge in [0.2, 0.25) is 0 Å². The summed E-state index contributed by atoms with van der Waals surface area (Å²) in [5.74, 6) is -0.0522. The Balaban J connectivity index is 0. The van der Waals surface area contributed by atoms with E-state index in [0.29, 0.717) is 13.0 Å². The van der Waals surface area contributed by atoms with Crippen LogP contribution in [0.1, 0.15) is 46.0 Å². The van der Waals surface area contributed by atoms with Gasteiger partial charge in [-0.2, -0.15) is 0 Å². The Bertz CT molecular complexity index is 208. The van der Waals surface area contributed by atoms with Crippen molar-refractivity contribution in [2.75, 3.05) is 6.61 Å². The maximum atomic E-state index is 10.8. The van der Waals surface area contributed by atoms with Gasteiger partial charge in [-0.3, -0.25) is 4.79 Å². The van der Waals surface area contributed by atoms with Crippen LogP contribution in [0.4, 0.5) is 0 Å². The van der Waals surface area contributed by atoms with E-state index in [1.807, 2.05) is 6.92 Å². The van der Waals surface area contributed by atoms with Crippen LogP contribution in [-0.2, 0) is 14.1 Å². The fourth-order valence-electron chi connectivity index (χ4n) is 0.929. The van der Waals surface area contributed by atoms with Crippen LogP contribution in [0.25, 0.3) is 0 Å². The predicted octanol–water partition coefficient (Wildman–Crippen LogP) is 2.84. The predicted molar refractivity (Wildman–Crippen MR) is 63.3 cm³/mol. The number of carbonyl (C=O) groups is 1. The Kier molecular flexibility index (Phi) is 13.0. The Hall–Kier alpha value is -0.0900. The Morgan fingerprint density at radius 2 is 1.75 bits per heavy atom. The molecule has 2 N–H and O–H groups in total. The SMILES string of the molecule is CCCCCCC(=O)OCC.O=P(O)(O)Cl. The molecule has 0 heterocycles. The van der Waals surface area contributed by atoms with Crippen molar-refractivity contribution in [2.45, 2.75) is 46.0 Å². The molecular weight excluding hydrogens is 255 g/mol. The average molecular weight is 275 g/mol. The maximum absolute atomic E-state index is 10.8. The largest absolute Gasteiger partial charge is 0.466 e. The highest BCUT2D eigenvalue weighted by atomic mass is 35.7. The minimum Gasteiger partial charge on any atom is -0.466 e. The summed E-state index contributed by atoms with van der Waals surface area (Å²) in [4.78, 5) is 25.6. The molecule has 0 rings (SSSR count). The number of unbranched alkanes of at least 4 members (excludes halogenated alkanes) is 3. The zero-order valence-electron chi connectivity index (χ0n) is 9.69. The molecule has 0 bridgehead atoms. The number of rotatable bonds is 6. The van der Waals surface area contributed by atoms with Crippen LogP contribution < -0.4 is 0 Å². The van der Waals surface area contributed by atoms with E-state index in [9.17, 15) is 4.79 Å². The van der Waals surface area contributed by atoms with Gasteiger partial charge in [-0.1, -0.05) is 26.2 Å². The number of carbonyl (C=O) groups excluding carboxylic acids is 1. The van der Waals surface area contributed by atoms with Gasteiger partial charge in [0.25, 0.3) is 0 Å². The highest BCUT2D eigenvalue weighted by Crippen LogP contribution is 2.39.